The van der Waals surface area contributed by atoms with Crippen molar-refractivity contribution < 1.29 is 19.5 Å². The van der Waals surface area contributed by atoms with Crippen LogP contribution in [0, 0.1) is 11.3 Å². The second-order valence-electron chi connectivity index (χ2n) is 6.57. The van der Waals surface area contributed by atoms with Gasteiger partial charge in [0.15, 0.2) is 6.04 Å². The van der Waals surface area contributed by atoms with Gasteiger partial charge in [0.2, 0.25) is 0 Å². The summed E-state index contributed by atoms with van der Waals surface area (Å²) >= 11 is 5.97. The maximum atomic E-state index is 12.9. The predicted octanol–water partition coefficient (Wildman–Crippen LogP) is 3.41. The van der Waals surface area contributed by atoms with Crippen LogP contribution in [-0.2, 0) is 9.59 Å². The Morgan fingerprint density at radius 1 is 1.20 bits per heavy atom. The topological polar surface area (TPSA) is 126 Å². The number of benzene rings is 2. The Kier molecular flexibility index (Phi) is 4.74. The standard InChI is InChI=1S/C21H13ClN4O4/c22-14-5-6-15-13(10-24-16(15)8-14)7-17-19(27)26(21(30)25-17)18(20(28)29)12-3-1-11(9-23)2-4-12/h1-8,10,18,24H,(H,25,30)(H,28,29)/b17-7-. The highest BCUT2D eigenvalue weighted by Gasteiger charge is 2.43. The second-order valence-corrected chi connectivity index (χ2v) is 7.01. The fourth-order valence-corrected chi connectivity index (χ4v) is 3.49. The number of carbonyl (C=O) groups excluding carboxylic acids is 2. The van der Waals surface area contributed by atoms with Crippen LogP contribution in [0.5, 0.6) is 0 Å². The SMILES string of the molecule is N#Cc1ccc(C(C(=O)O)N2C(=O)N/C(=C\c3c[nH]c4cc(Cl)ccc34)C2=O)cc1. The van der Waals surface area contributed by atoms with E-state index in [0.717, 1.165) is 10.9 Å². The van der Waals surface area contributed by atoms with Crippen molar-refractivity contribution in [1.29, 1.82) is 5.26 Å². The lowest BCUT2D eigenvalue weighted by Crippen LogP contribution is -2.39. The summed E-state index contributed by atoms with van der Waals surface area (Å²) in [5.41, 5.74) is 1.88. The van der Waals surface area contributed by atoms with Crippen molar-refractivity contribution in [3.63, 3.8) is 0 Å². The van der Waals surface area contributed by atoms with Crippen LogP contribution in [0.3, 0.4) is 0 Å². The van der Waals surface area contributed by atoms with Gasteiger partial charge in [-0.3, -0.25) is 4.79 Å². The zero-order valence-electron chi connectivity index (χ0n) is 15.2. The summed E-state index contributed by atoms with van der Waals surface area (Å²) in [5.74, 6) is -2.13. The van der Waals surface area contributed by atoms with E-state index in [-0.39, 0.29) is 11.3 Å². The Balaban J connectivity index is 1.70. The molecule has 0 spiro atoms. The van der Waals surface area contributed by atoms with E-state index in [0.29, 0.717) is 21.0 Å². The van der Waals surface area contributed by atoms with E-state index < -0.39 is 23.9 Å². The number of nitrogens with zero attached hydrogens (tertiary/aromatic N) is 2. The molecule has 8 nitrogen and oxygen atoms in total. The summed E-state index contributed by atoms with van der Waals surface area (Å²) in [6.45, 7) is 0. The Hall–Kier alpha value is -4.09. The summed E-state index contributed by atoms with van der Waals surface area (Å²) in [5, 5.41) is 22.4. The first-order valence-corrected chi connectivity index (χ1v) is 9.12. The summed E-state index contributed by atoms with van der Waals surface area (Å²) in [4.78, 5) is 41.0. The quantitative estimate of drug-likeness (QED) is 0.440. The maximum absolute atomic E-state index is 12.9. The molecule has 9 heteroatoms. The number of amides is 3. The number of imide groups is 1. The molecule has 4 rings (SSSR count). The van der Waals surface area contributed by atoms with Gasteiger partial charge < -0.3 is 15.4 Å². The maximum Gasteiger partial charge on any atom is 0.331 e. The van der Waals surface area contributed by atoms with Gasteiger partial charge in [0.1, 0.15) is 5.70 Å². The van der Waals surface area contributed by atoms with E-state index in [2.05, 4.69) is 10.3 Å². The molecule has 0 aliphatic carbocycles. The van der Waals surface area contributed by atoms with E-state index >= 15 is 0 Å². The second kappa shape index (κ2) is 7.39. The lowest BCUT2D eigenvalue weighted by atomic mass is 10.0. The minimum atomic E-state index is -1.53. The molecule has 2 heterocycles. The first-order chi connectivity index (χ1) is 14.4. The number of fused-ring (bicyclic) bond motifs is 1. The van der Waals surface area contributed by atoms with Crippen molar-refractivity contribution in [1.82, 2.24) is 15.2 Å². The number of carbonyl (C=O) groups is 3. The van der Waals surface area contributed by atoms with Gasteiger partial charge in [0.05, 0.1) is 11.6 Å². The van der Waals surface area contributed by atoms with E-state index in [1.165, 1.54) is 30.3 Å². The van der Waals surface area contributed by atoms with E-state index in [4.69, 9.17) is 16.9 Å². The van der Waals surface area contributed by atoms with Gasteiger partial charge in [0, 0.05) is 27.7 Å². The van der Waals surface area contributed by atoms with Crippen LogP contribution in [-0.4, -0.2) is 32.9 Å². The number of nitriles is 1. The average Bonchev–Trinajstić information content (AvgIpc) is 3.24. The normalized spacial score (nSPS) is 16.0. The van der Waals surface area contributed by atoms with Gasteiger partial charge in [-0.2, -0.15) is 5.26 Å². The molecule has 1 saturated heterocycles. The lowest BCUT2D eigenvalue weighted by molar-refractivity contribution is -0.146. The van der Waals surface area contributed by atoms with Crippen molar-refractivity contribution in [3.05, 3.63) is 76.1 Å². The van der Waals surface area contributed by atoms with Crippen LogP contribution in [0.2, 0.25) is 5.02 Å². The third kappa shape index (κ3) is 3.27. The average molecular weight is 421 g/mol. The molecule has 1 atom stereocenters. The third-order valence-corrected chi connectivity index (χ3v) is 4.97. The van der Waals surface area contributed by atoms with Crippen LogP contribution >= 0.6 is 11.6 Å². The number of nitrogens with one attached hydrogen (secondary N) is 2. The molecule has 0 radical (unpaired) electrons. The largest absolute Gasteiger partial charge is 0.479 e. The highest BCUT2D eigenvalue weighted by Crippen LogP contribution is 2.29. The smallest absolute Gasteiger partial charge is 0.331 e. The number of carboxylic acids is 1. The number of aromatic nitrogens is 1. The third-order valence-electron chi connectivity index (χ3n) is 4.73. The Morgan fingerprint density at radius 3 is 2.60 bits per heavy atom. The van der Waals surface area contributed by atoms with Crippen LogP contribution in [0.25, 0.3) is 17.0 Å². The van der Waals surface area contributed by atoms with Gasteiger partial charge in [0.25, 0.3) is 5.91 Å². The summed E-state index contributed by atoms with van der Waals surface area (Å²) in [6, 6.07) is 10.4. The number of carboxylic acid groups (broad SMARTS) is 1. The van der Waals surface area contributed by atoms with Crippen molar-refractivity contribution in [2.75, 3.05) is 0 Å². The van der Waals surface area contributed by atoms with Crippen LogP contribution < -0.4 is 5.32 Å². The molecule has 148 valence electrons. The lowest BCUT2D eigenvalue weighted by Gasteiger charge is -2.21. The number of urea groups is 1. The molecular weight excluding hydrogens is 408 g/mol. The minimum absolute atomic E-state index is 0.0456. The first kappa shape index (κ1) is 19.2. The van der Waals surface area contributed by atoms with Crippen LogP contribution in [0.15, 0.2) is 54.4 Å². The Labute approximate surface area is 175 Å². The monoisotopic (exact) mass is 420 g/mol. The van der Waals surface area contributed by atoms with Crippen molar-refractivity contribution in [2.45, 2.75) is 6.04 Å². The van der Waals surface area contributed by atoms with Gasteiger partial charge >= 0.3 is 12.0 Å². The molecule has 1 unspecified atom stereocenters. The van der Waals surface area contributed by atoms with E-state index in [9.17, 15) is 19.5 Å². The highest BCUT2D eigenvalue weighted by atomic mass is 35.5. The van der Waals surface area contributed by atoms with Gasteiger partial charge in [-0.1, -0.05) is 29.8 Å². The minimum Gasteiger partial charge on any atom is -0.479 e. The number of rotatable bonds is 4. The molecule has 1 aromatic heterocycles. The number of aliphatic carboxylic acids is 1. The molecule has 3 amide bonds. The molecular formula is C21H13ClN4O4. The summed E-state index contributed by atoms with van der Waals surface area (Å²) in [6.07, 6.45) is 3.13. The van der Waals surface area contributed by atoms with Gasteiger partial charge in [-0.05, 0) is 35.9 Å². The van der Waals surface area contributed by atoms with Crippen molar-refractivity contribution >= 4 is 46.5 Å². The highest BCUT2D eigenvalue weighted by molar-refractivity contribution is 6.31. The molecule has 0 bridgehead atoms. The Morgan fingerprint density at radius 2 is 1.93 bits per heavy atom. The number of hydrogen-bond acceptors (Lipinski definition) is 4. The van der Waals surface area contributed by atoms with Gasteiger partial charge in [-0.15, -0.1) is 0 Å². The van der Waals surface area contributed by atoms with Crippen molar-refractivity contribution in [2.24, 2.45) is 0 Å². The van der Waals surface area contributed by atoms with E-state index in [1.54, 1.807) is 24.4 Å². The zero-order chi connectivity index (χ0) is 21.4. The first-order valence-electron chi connectivity index (χ1n) is 8.75. The van der Waals surface area contributed by atoms with Gasteiger partial charge in [-0.25, -0.2) is 14.5 Å². The predicted molar refractivity (Wildman–Crippen MR) is 108 cm³/mol. The van der Waals surface area contributed by atoms with Crippen LogP contribution in [0.4, 0.5) is 4.79 Å². The fourth-order valence-electron chi connectivity index (χ4n) is 3.32. The molecule has 1 fully saturated rings. The molecule has 1 aliphatic rings. The Bertz CT molecular complexity index is 1270. The molecule has 2 aromatic carbocycles. The van der Waals surface area contributed by atoms with Crippen molar-refractivity contribution in [3.8, 4) is 6.07 Å². The number of H-pyrrole nitrogens is 1. The molecule has 30 heavy (non-hydrogen) atoms. The molecule has 3 N–H and O–H groups in total. The van der Waals surface area contributed by atoms with Crippen LogP contribution in [0.1, 0.15) is 22.7 Å². The summed E-state index contributed by atoms with van der Waals surface area (Å²) < 4.78 is 0. The summed E-state index contributed by atoms with van der Waals surface area (Å²) in [7, 11) is 0. The van der Waals surface area contributed by atoms with E-state index in [1.807, 2.05) is 6.07 Å². The molecule has 3 aromatic rings. The fraction of sp³-hybridized carbons (Fsp3) is 0.0476. The number of aromatic amines is 1. The number of halogens is 1. The molecule has 0 saturated carbocycles. The number of hydrogen-bond donors (Lipinski definition) is 3. The molecule has 1 aliphatic heterocycles. The zero-order valence-corrected chi connectivity index (χ0v) is 16.0.